The third-order valence-electron chi connectivity index (χ3n) is 3.73. The van der Waals surface area contributed by atoms with Crippen LogP contribution < -0.4 is 11.1 Å². The summed E-state index contributed by atoms with van der Waals surface area (Å²) < 4.78 is 5.55. The molecule has 102 valence electrons. The fourth-order valence-electron chi connectivity index (χ4n) is 2.57. The Labute approximate surface area is 106 Å². The van der Waals surface area contributed by atoms with Crippen molar-refractivity contribution >= 4 is 0 Å². The minimum atomic E-state index is 0.657. The molecule has 0 saturated heterocycles. The summed E-state index contributed by atoms with van der Waals surface area (Å²) >= 11 is 0. The van der Waals surface area contributed by atoms with Crippen molar-refractivity contribution in [2.24, 2.45) is 11.7 Å². The van der Waals surface area contributed by atoms with Crippen molar-refractivity contribution in [3.63, 3.8) is 0 Å². The maximum absolute atomic E-state index is 5.81. The molecule has 0 aromatic heterocycles. The van der Waals surface area contributed by atoms with E-state index in [0.29, 0.717) is 12.0 Å². The molecular formula is C14H30N2O. The second-order valence-corrected chi connectivity index (χ2v) is 5.16. The number of hydrogen-bond acceptors (Lipinski definition) is 3. The predicted molar refractivity (Wildman–Crippen MR) is 73.1 cm³/mol. The summed E-state index contributed by atoms with van der Waals surface area (Å²) in [6, 6.07) is 0.657. The highest BCUT2D eigenvalue weighted by molar-refractivity contribution is 4.81. The van der Waals surface area contributed by atoms with E-state index in [1.54, 1.807) is 0 Å². The molecule has 1 rings (SSSR count). The minimum Gasteiger partial charge on any atom is -0.381 e. The van der Waals surface area contributed by atoms with Gasteiger partial charge in [0, 0.05) is 19.3 Å². The van der Waals surface area contributed by atoms with Gasteiger partial charge in [-0.25, -0.2) is 0 Å². The van der Waals surface area contributed by atoms with E-state index in [9.17, 15) is 0 Å². The number of ether oxygens (including phenoxy) is 1. The van der Waals surface area contributed by atoms with E-state index in [4.69, 9.17) is 10.5 Å². The van der Waals surface area contributed by atoms with E-state index in [1.165, 1.54) is 38.5 Å². The van der Waals surface area contributed by atoms with Crippen LogP contribution in [0.25, 0.3) is 0 Å². The molecule has 17 heavy (non-hydrogen) atoms. The van der Waals surface area contributed by atoms with Gasteiger partial charge in [-0.05, 0) is 44.7 Å². The van der Waals surface area contributed by atoms with E-state index in [2.05, 4.69) is 12.2 Å². The van der Waals surface area contributed by atoms with Gasteiger partial charge in [0.15, 0.2) is 0 Å². The van der Waals surface area contributed by atoms with E-state index >= 15 is 0 Å². The van der Waals surface area contributed by atoms with Crippen molar-refractivity contribution in [3.05, 3.63) is 0 Å². The van der Waals surface area contributed by atoms with E-state index < -0.39 is 0 Å². The summed E-state index contributed by atoms with van der Waals surface area (Å²) in [5, 5.41) is 3.65. The monoisotopic (exact) mass is 242 g/mol. The summed E-state index contributed by atoms with van der Waals surface area (Å²) in [5.74, 6) is 0.699. The normalized spacial score (nSPS) is 25.1. The van der Waals surface area contributed by atoms with Crippen LogP contribution in [0.2, 0.25) is 0 Å². The van der Waals surface area contributed by atoms with Gasteiger partial charge >= 0.3 is 0 Å². The Bertz CT molecular complexity index is 176. The van der Waals surface area contributed by atoms with Crippen LogP contribution in [0.3, 0.4) is 0 Å². The quantitative estimate of drug-likeness (QED) is 0.610. The molecular weight excluding hydrogens is 212 g/mol. The number of hydrogen-bond donors (Lipinski definition) is 2. The van der Waals surface area contributed by atoms with Crippen LogP contribution in [-0.4, -0.2) is 32.3 Å². The molecule has 3 nitrogen and oxygen atoms in total. The van der Waals surface area contributed by atoms with Crippen molar-refractivity contribution in [3.8, 4) is 0 Å². The molecule has 0 aliphatic heterocycles. The third kappa shape index (κ3) is 6.39. The van der Waals surface area contributed by atoms with Crippen LogP contribution in [0.15, 0.2) is 0 Å². The van der Waals surface area contributed by atoms with Crippen LogP contribution in [0.1, 0.15) is 51.9 Å². The first kappa shape index (κ1) is 14.9. The smallest absolute Gasteiger partial charge is 0.0478 e. The maximum atomic E-state index is 5.81. The molecule has 0 amide bonds. The third-order valence-corrected chi connectivity index (χ3v) is 3.73. The van der Waals surface area contributed by atoms with Crippen LogP contribution in [0.4, 0.5) is 0 Å². The zero-order valence-electron chi connectivity index (χ0n) is 11.4. The summed E-state index contributed by atoms with van der Waals surface area (Å²) in [6.07, 6.45) is 8.86. The second-order valence-electron chi connectivity index (χ2n) is 5.16. The molecule has 0 heterocycles. The number of rotatable bonds is 9. The molecule has 0 spiro atoms. The lowest BCUT2D eigenvalue weighted by atomic mass is 9.84. The molecule has 3 heteroatoms. The minimum absolute atomic E-state index is 0.657. The Morgan fingerprint density at radius 3 is 2.71 bits per heavy atom. The first-order valence-corrected chi connectivity index (χ1v) is 7.39. The van der Waals surface area contributed by atoms with Gasteiger partial charge in [-0.2, -0.15) is 0 Å². The topological polar surface area (TPSA) is 47.3 Å². The van der Waals surface area contributed by atoms with Crippen molar-refractivity contribution in [2.75, 3.05) is 26.3 Å². The Hall–Kier alpha value is -0.120. The lowest BCUT2D eigenvalue weighted by Crippen LogP contribution is -2.42. The average molecular weight is 242 g/mol. The van der Waals surface area contributed by atoms with Gasteiger partial charge in [0.25, 0.3) is 0 Å². The molecule has 1 saturated carbocycles. The molecule has 1 aliphatic carbocycles. The molecule has 0 aromatic carbocycles. The average Bonchev–Trinajstić information content (AvgIpc) is 2.38. The zero-order chi connectivity index (χ0) is 12.3. The highest BCUT2D eigenvalue weighted by atomic mass is 16.5. The van der Waals surface area contributed by atoms with Gasteiger partial charge in [0.05, 0.1) is 0 Å². The highest BCUT2D eigenvalue weighted by Gasteiger charge is 2.22. The predicted octanol–water partition coefficient (Wildman–Crippen LogP) is 2.30. The Morgan fingerprint density at radius 2 is 1.94 bits per heavy atom. The fourth-order valence-corrected chi connectivity index (χ4v) is 2.57. The van der Waals surface area contributed by atoms with Gasteiger partial charge < -0.3 is 15.8 Å². The fraction of sp³-hybridized carbons (Fsp3) is 1.00. The summed E-state index contributed by atoms with van der Waals surface area (Å²) in [5.41, 5.74) is 5.81. The number of nitrogens with one attached hydrogen (secondary N) is 1. The standard InChI is InChI=1S/C14H30N2O/c1-2-3-10-17-11-6-9-16-14-8-5-4-7-13(14)12-15/h13-14,16H,2-12,15H2,1H3. The molecule has 0 bridgehead atoms. The lowest BCUT2D eigenvalue weighted by Gasteiger charge is -2.31. The van der Waals surface area contributed by atoms with E-state index in [-0.39, 0.29) is 0 Å². The largest absolute Gasteiger partial charge is 0.381 e. The van der Waals surface area contributed by atoms with E-state index in [0.717, 1.165) is 32.7 Å². The molecule has 1 fully saturated rings. The SMILES string of the molecule is CCCCOCCCNC1CCCCC1CN. The number of unbranched alkanes of at least 4 members (excludes halogenated alkanes) is 1. The van der Waals surface area contributed by atoms with Crippen LogP contribution in [0, 0.1) is 5.92 Å². The summed E-state index contributed by atoms with van der Waals surface area (Å²) in [7, 11) is 0. The van der Waals surface area contributed by atoms with Crippen LogP contribution in [-0.2, 0) is 4.74 Å². The van der Waals surface area contributed by atoms with Crippen molar-refractivity contribution < 1.29 is 4.74 Å². The van der Waals surface area contributed by atoms with Gasteiger partial charge in [-0.1, -0.05) is 26.2 Å². The summed E-state index contributed by atoms with van der Waals surface area (Å²) in [6.45, 7) is 5.93. The van der Waals surface area contributed by atoms with E-state index in [1.807, 2.05) is 0 Å². The van der Waals surface area contributed by atoms with Gasteiger partial charge in [0.2, 0.25) is 0 Å². The van der Waals surface area contributed by atoms with Crippen molar-refractivity contribution in [1.29, 1.82) is 0 Å². The maximum Gasteiger partial charge on any atom is 0.0478 e. The number of nitrogens with two attached hydrogens (primary N) is 1. The molecule has 0 radical (unpaired) electrons. The summed E-state index contributed by atoms with van der Waals surface area (Å²) in [4.78, 5) is 0. The van der Waals surface area contributed by atoms with Crippen LogP contribution in [0.5, 0.6) is 0 Å². The molecule has 0 aromatic rings. The van der Waals surface area contributed by atoms with Crippen molar-refractivity contribution in [1.82, 2.24) is 5.32 Å². The zero-order valence-corrected chi connectivity index (χ0v) is 11.4. The highest BCUT2D eigenvalue weighted by Crippen LogP contribution is 2.23. The van der Waals surface area contributed by atoms with Gasteiger partial charge in [-0.3, -0.25) is 0 Å². The molecule has 2 atom stereocenters. The first-order chi connectivity index (χ1) is 8.38. The lowest BCUT2D eigenvalue weighted by molar-refractivity contribution is 0.126. The molecule has 2 unspecified atom stereocenters. The first-order valence-electron chi connectivity index (χ1n) is 7.39. The Morgan fingerprint density at radius 1 is 1.18 bits per heavy atom. The Balaban J connectivity index is 1.97. The van der Waals surface area contributed by atoms with Crippen molar-refractivity contribution in [2.45, 2.75) is 57.9 Å². The van der Waals surface area contributed by atoms with Crippen LogP contribution >= 0.6 is 0 Å². The second kappa shape index (κ2) is 9.86. The molecule has 3 N–H and O–H groups in total. The van der Waals surface area contributed by atoms with Gasteiger partial charge in [0.1, 0.15) is 0 Å². The molecule has 1 aliphatic rings. The Kier molecular flexibility index (Phi) is 8.67. The van der Waals surface area contributed by atoms with Gasteiger partial charge in [-0.15, -0.1) is 0 Å².